The smallest absolute Gasteiger partial charge is 0.0818 e. The lowest BCUT2D eigenvalue weighted by Gasteiger charge is -2.08. The first kappa shape index (κ1) is 8.09. The summed E-state index contributed by atoms with van der Waals surface area (Å²) in [5, 5.41) is 10.4. The van der Waals surface area contributed by atoms with Gasteiger partial charge in [-0.25, -0.2) is 0 Å². The highest BCUT2D eigenvalue weighted by atomic mass is 35.5. The Balaban J connectivity index is 2.20. The van der Waals surface area contributed by atoms with Gasteiger partial charge in [0.2, 0.25) is 0 Å². The summed E-state index contributed by atoms with van der Waals surface area (Å²) in [4.78, 5) is 0. The Morgan fingerprint density at radius 3 is 2.75 bits per heavy atom. The highest BCUT2D eigenvalue weighted by Crippen LogP contribution is 2.41. The van der Waals surface area contributed by atoms with Crippen LogP contribution in [0.15, 0.2) is 24.3 Å². The maximum absolute atomic E-state index is 9.73. The zero-order valence-electron chi connectivity index (χ0n) is 6.70. The maximum Gasteiger partial charge on any atom is 0.0818 e. The van der Waals surface area contributed by atoms with E-state index in [4.69, 9.17) is 11.6 Å². The third kappa shape index (κ3) is 1.62. The third-order valence-corrected chi connectivity index (χ3v) is 2.49. The summed E-state index contributed by atoms with van der Waals surface area (Å²) in [7, 11) is 0. The van der Waals surface area contributed by atoms with Crippen LogP contribution in [0.1, 0.15) is 24.5 Å². The average Bonchev–Trinajstić information content (AvgIpc) is 2.85. The number of hydrogen-bond donors (Lipinski definition) is 1. The van der Waals surface area contributed by atoms with Gasteiger partial charge in [-0.1, -0.05) is 23.7 Å². The van der Waals surface area contributed by atoms with Crippen molar-refractivity contribution in [2.45, 2.75) is 18.9 Å². The van der Waals surface area contributed by atoms with Crippen molar-refractivity contribution in [1.29, 1.82) is 0 Å². The average molecular weight is 183 g/mol. The van der Waals surface area contributed by atoms with Crippen molar-refractivity contribution in [3.63, 3.8) is 0 Å². The molecule has 1 aromatic carbocycles. The van der Waals surface area contributed by atoms with E-state index in [-0.39, 0.29) is 6.10 Å². The molecule has 0 unspecified atom stereocenters. The molecule has 0 radical (unpaired) electrons. The monoisotopic (exact) mass is 182 g/mol. The van der Waals surface area contributed by atoms with Crippen molar-refractivity contribution in [3.05, 3.63) is 34.9 Å². The lowest BCUT2D eigenvalue weighted by atomic mass is 10.1. The molecule has 1 atom stereocenters. The summed E-state index contributed by atoms with van der Waals surface area (Å²) in [6.07, 6.45) is 1.99. The first-order valence-corrected chi connectivity index (χ1v) is 4.59. The van der Waals surface area contributed by atoms with Gasteiger partial charge >= 0.3 is 0 Å². The van der Waals surface area contributed by atoms with E-state index in [1.807, 2.05) is 24.3 Å². The summed E-state index contributed by atoms with van der Waals surface area (Å²) in [5.41, 5.74) is 0.949. The third-order valence-electron chi connectivity index (χ3n) is 2.26. The number of hydrogen-bond acceptors (Lipinski definition) is 1. The summed E-state index contributed by atoms with van der Waals surface area (Å²) in [6.45, 7) is 0. The SMILES string of the molecule is O[C@H](c1cccc(Cl)c1)C1CC1. The van der Waals surface area contributed by atoms with Crippen molar-refractivity contribution < 1.29 is 5.11 Å². The van der Waals surface area contributed by atoms with Crippen LogP contribution in [0.5, 0.6) is 0 Å². The minimum absolute atomic E-state index is 0.302. The van der Waals surface area contributed by atoms with Gasteiger partial charge in [0.1, 0.15) is 0 Å². The fourth-order valence-electron chi connectivity index (χ4n) is 1.37. The predicted octanol–water partition coefficient (Wildman–Crippen LogP) is 2.78. The standard InChI is InChI=1S/C10H11ClO/c11-9-3-1-2-8(6-9)10(12)7-4-5-7/h1-3,6-7,10,12H,4-5H2/t10-/m0/s1. The minimum Gasteiger partial charge on any atom is -0.388 e. The summed E-state index contributed by atoms with van der Waals surface area (Å²) in [5.74, 6) is 0.475. The zero-order chi connectivity index (χ0) is 8.55. The van der Waals surface area contributed by atoms with E-state index in [0.29, 0.717) is 10.9 Å². The summed E-state index contributed by atoms with van der Waals surface area (Å²) < 4.78 is 0. The molecule has 0 heterocycles. The molecule has 1 aliphatic carbocycles. The van der Waals surface area contributed by atoms with Gasteiger partial charge in [0.25, 0.3) is 0 Å². The van der Waals surface area contributed by atoms with Crippen LogP contribution < -0.4 is 0 Å². The molecular weight excluding hydrogens is 172 g/mol. The molecule has 64 valence electrons. The van der Waals surface area contributed by atoms with Crippen LogP contribution in [0.25, 0.3) is 0 Å². The topological polar surface area (TPSA) is 20.2 Å². The van der Waals surface area contributed by atoms with E-state index >= 15 is 0 Å². The van der Waals surface area contributed by atoms with E-state index in [0.717, 1.165) is 18.4 Å². The quantitative estimate of drug-likeness (QED) is 0.746. The highest BCUT2D eigenvalue weighted by Gasteiger charge is 2.30. The van der Waals surface area contributed by atoms with Crippen LogP contribution in [0.2, 0.25) is 5.02 Å². The van der Waals surface area contributed by atoms with Gasteiger partial charge in [-0.15, -0.1) is 0 Å². The largest absolute Gasteiger partial charge is 0.388 e. The molecule has 1 aromatic rings. The second-order valence-electron chi connectivity index (χ2n) is 3.34. The van der Waals surface area contributed by atoms with Gasteiger partial charge in [0, 0.05) is 5.02 Å². The Bertz CT molecular complexity index is 281. The minimum atomic E-state index is -0.302. The fraction of sp³-hybridized carbons (Fsp3) is 0.400. The van der Waals surface area contributed by atoms with Crippen molar-refractivity contribution in [1.82, 2.24) is 0 Å². The van der Waals surface area contributed by atoms with E-state index in [1.54, 1.807) is 0 Å². The Morgan fingerprint density at radius 2 is 2.17 bits per heavy atom. The van der Waals surface area contributed by atoms with E-state index < -0.39 is 0 Å². The lowest BCUT2D eigenvalue weighted by molar-refractivity contribution is 0.154. The van der Waals surface area contributed by atoms with Gasteiger partial charge in [-0.3, -0.25) is 0 Å². The summed E-state index contributed by atoms with van der Waals surface area (Å²) in [6, 6.07) is 7.47. The molecule has 1 saturated carbocycles. The highest BCUT2D eigenvalue weighted by molar-refractivity contribution is 6.30. The van der Waals surface area contributed by atoms with E-state index in [2.05, 4.69) is 0 Å². The Kier molecular flexibility index (Phi) is 2.07. The second kappa shape index (κ2) is 3.08. The maximum atomic E-state index is 9.73. The Morgan fingerprint density at radius 1 is 1.42 bits per heavy atom. The molecule has 0 amide bonds. The van der Waals surface area contributed by atoms with E-state index in [1.165, 1.54) is 0 Å². The van der Waals surface area contributed by atoms with Crippen LogP contribution in [0, 0.1) is 5.92 Å². The number of aliphatic hydroxyl groups is 1. The fourth-order valence-corrected chi connectivity index (χ4v) is 1.57. The van der Waals surface area contributed by atoms with Crippen molar-refractivity contribution >= 4 is 11.6 Å². The van der Waals surface area contributed by atoms with Crippen molar-refractivity contribution in [2.24, 2.45) is 5.92 Å². The van der Waals surface area contributed by atoms with Crippen LogP contribution >= 0.6 is 11.6 Å². The number of aliphatic hydroxyl groups excluding tert-OH is 1. The van der Waals surface area contributed by atoms with Gasteiger partial charge in [0.15, 0.2) is 0 Å². The number of rotatable bonds is 2. The molecule has 1 N–H and O–H groups in total. The number of halogens is 1. The van der Waals surface area contributed by atoms with Crippen LogP contribution in [0.3, 0.4) is 0 Å². The predicted molar refractivity (Wildman–Crippen MR) is 49.1 cm³/mol. The molecule has 0 aromatic heterocycles. The van der Waals surface area contributed by atoms with Crippen molar-refractivity contribution in [2.75, 3.05) is 0 Å². The molecule has 2 heteroatoms. The second-order valence-corrected chi connectivity index (χ2v) is 3.77. The van der Waals surface area contributed by atoms with Crippen LogP contribution in [-0.4, -0.2) is 5.11 Å². The molecule has 1 nitrogen and oxygen atoms in total. The van der Waals surface area contributed by atoms with Crippen LogP contribution in [-0.2, 0) is 0 Å². The van der Waals surface area contributed by atoms with Crippen LogP contribution in [0.4, 0.5) is 0 Å². The molecule has 1 aliphatic rings. The van der Waals surface area contributed by atoms with Gasteiger partial charge in [-0.05, 0) is 36.5 Å². The molecule has 0 bridgehead atoms. The summed E-state index contributed by atoms with van der Waals surface area (Å²) >= 11 is 5.80. The molecule has 2 rings (SSSR count). The molecule has 0 spiro atoms. The van der Waals surface area contributed by atoms with Crippen molar-refractivity contribution in [3.8, 4) is 0 Å². The zero-order valence-corrected chi connectivity index (χ0v) is 7.46. The molecule has 0 aliphatic heterocycles. The Hall–Kier alpha value is -0.530. The van der Waals surface area contributed by atoms with Gasteiger partial charge < -0.3 is 5.11 Å². The molecule has 0 saturated heterocycles. The van der Waals surface area contributed by atoms with Gasteiger partial charge in [0.05, 0.1) is 6.10 Å². The van der Waals surface area contributed by atoms with E-state index in [9.17, 15) is 5.11 Å². The molecule has 12 heavy (non-hydrogen) atoms. The molecular formula is C10H11ClO. The first-order chi connectivity index (χ1) is 5.77. The Labute approximate surface area is 77.0 Å². The molecule has 1 fully saturated rings. The number of benzene rings is 1. The van der Waals surface area contributed by atoms with Gasteiger partial charge in [-0.2, -0.15) is 0 Å². The lowest BCUT2D eigenvalue weighted by Crippen LogP contribution is -1.98. The normalized spacial score (nSPS) is 19.2. The first-order valence-electron chi connectivity index (χ1n) is 4.21.